The molecule has 0 aromatic carbocycles. The number of nitrogens with zero attached hydrogens (tertiary/aromatic N) is 3. The lowest BCUT2D eigenvalue weighted by Crippen LogP contribution is -2.23. The zero-order valence-electron chi connectivity index (χ0n) is 12.3. The van der Waals surface area contributed by atoms with Gasteiger partial charge >= 0.3 is 0 Å². The Kier molecular flexibility index (Phi) is 4.22. The topological polar surface area (TPSA) is 73.0 Å². The molecule has 0 aliphatic carbocycles. The Morgan fingerprint density at radius 1 is 1.50 bits per heavy atom. The van der Waals surface area contributed by atoms with Crippen LogP contribution in [0.1, 0.15) is 54.6 Å². The Bertz CT molecular complexity index is 598. The summed E-state index contributed by atoms with van der Waals surface area (Å²) in [6, 6.07) is 1.94. The summed E-state index contributed by atoms with van der Waals surface area (Å²) in [6.07, 6.45) is 2.54. The second kappa shape index (κ2) is 5.90. The lowest BCUT2D eigenvalue weighted by atomic mass is 10.3. The fourth-order valence-electron chi connectivity index (χ4n) is 1.80. The number of rotatable bonds is 5. The number of aryl methyl sites for hydroxylation is 2. The van der Waals surface area contributed by atoms with E-state index in [9.17, 15) is 4.79 Å². The van der Waals surface area contributed by atoms with Crippen LogP contribution >= 0.6 is 0 Å². The third kappa shape index (κ3) is 3.07. The normalized spacial score (nSPS) is 11.1. The zero-order chi connectivity index (χ0) is 14.7. The van der Waals surface area contributed by atoms with Crippen LogP contribution in [0, 0.1) is 6.92 Å². The van der Waals surface area contributed by atoms with E-state index in [1.807, 2.05) is 27.7 Å². The highest BCUT2D eigenvalue weighted by atomic mass is 16.4. The summed E-state index contributed by atoms with van der Waals surface area (Å²) in [7, 11) is 0. The van der Waals surface area contributed by atoms with Crippen molar-refractivity contribution >= 4 is 5.91 Å². The first-order valence-electron chi connectivity index (χ1n) is 6.79. The molecule has 2 rings (SSSR count). The maximum Gasteiger partial charge on any atom is 0.272 e. The molecule has 1 N–H and O–H groups in total. The van der Waals surface area contributed by atoms with Crippen LogP contribution in [0.2, 0.25) is 0 Å². The van der Waals surface area contributed by atoms with Crippen molar-refractivity contribution in [2.45, 2.75) is 46.7 Å². The van der Waals surface area contributed by atoms with Crippen LogP contribution in [0.25, 0.3) is 0 Å². The highest BCUT2D eigenvalue weighted by Gasteiger charge is 2.13. The molecule has 0 atom stereocenters. The molecule has 0 spiro atoms. The number of nitrogens with one attached hydrogen (secondary N) is 1. The van der Waals surface area contributed by atoms with Crippen LogP contribution in [0.15, 0.2) is 16.7 Å². The van der Waals surface area contributed by atoms with E-state index in [0.29, 0.717) is 23.9 Å². The Balaban J connectivity index is 1.98. The smallest absolute Gasteiger partial charge is 0.272 e. The molecule has 0 fully saturated rings. The summed E-state index contributed by atoms with van der Waals surface area (Å²) in [4.78, 5) is 16.3. The van der Waals surface area contributed by atoms with Crippen LogP contribution in [0.4, 0.5) is 0 Å². The molecule has 6 nitrogen and oxygen atoms in total. The van der Waals surface area contributed by atoms with Crippen molar-refractivity contribution in [3.63, 3.8) is 0 Å². The minimum Gasteiger partial charge on any atom is -0.444 e. The van der Waals surface area contributed by atoms with Gasteiger partial charge in [-0.3, -0.25) is 9.48 Å². The molecule has 6 heteroatoms. The van der Waals surface area contributed by atoms with E-state index in [1.165, 1.54) is 0 Å². The third-order valence-corrected chi connectivity index (χ3v) is 3.02. The number of amides is 1. The van der Waals surface area contributed by atoms with E-state index in [-0.39, 0.29) is 11.9 Å². The lowest BCUT2D eigenvalue weighted by molar-refractivity contribution is 0.0941. The largest absolute Gasteiger partial charge is 0.444 e. The second-order valence-electron chi connectivity index (χ2n) is 4.93. The second-order valence-corrected chi connectivity index (χ2v) is 4.93. The zero-order valence-corrected chi connectivity index (χ0v) is 12.3. The monoisotopic (exact) mass is 276 g/mol. The van der Waals surface area contributed by atoms with Crippen molar-refractivity contribution < 1.29 is 9.21 Å². The van der Waals surface area contributed by atoms with Gasteiger partial charge in [0, 0.05) is 18.7 Å². The number of hydrogen-bond acceptors (Lipinski definition) is 4. The molecule has 2 heterocycles. The lowest BCUT2D eigenvalue weighted by Gasteiger charge is -2.04. The number of aromatic nitrogens is 3. The molecule has 0 aliphatic heterocycles. The van der Waals surface area contributed by atoms with Crippen LogP contribution in [-0.4, -0.2) is 20.7 Å². The fraction of sp³-hybridized carbons (Fsp3) is 0.500. The standard InChI is InChI=1S/C14H20N4O2/c1-5-13-16-10(4)12(20-13)8-15-14(19)11-6-7-18(17-11)9(2)3/h6-7,9H,5,8H2,1-4H3,(H,15,19). The van der Waals surface area contributed by atoms with Gasteiger partial charge in [-0.15, -0.1) is 0 Å². The maximum absolute atomic E-state index is 12.0. The molecule has 2 aromatic rings. The minimum absolute atomic E-state index is 0.210. The highest BCUT2D eigenvalue weighted by molar-refractivity contribution is 5.92. The SMILES string of the molecule is CCc1nc(C)c(CNC(=O)c2ccn(C(C)C)n2)o1. The Hall–Kier alpha value is -2.11. The Labute approximate surface area is 118 Å². The molecule has 0 unspecified atom stereocenters. The van der Waals surface area contributed by atoms with Crippen LogP contribution in [0.3, 0.4) is 0 Å². The van der Waals surface area contributed by atoms with Gasteiger partial charge in [-0.2, -0.15) is 5.10 Å². The summed E-state index contributed by atoms with van der Waals surface area (Å²) in [5.74, 6) is 1.17. The van der Waals surface area contributed by atoms with Crippen LogP contribution < -0.4 is 5.32 Å². The molecule has 108 valence electrons. The summed E-state index contributed by atoms with van der Waals surface area (Å²) < 4.78 is 7.30. The number of carbonyl (C=O) groups is 1. The molecule has 2 aromatic heterocycles. The molecular weight excluding hydrogens is 256 g/mol. The maximum atomic E-state index is 12.0. The summed E-state index contributed by atoms with van der Waals surface area (Å²) in [5.41, 5.74) is 1.22. The van der Waals surface area contributed by atoms with E-state index < -0.39 is 0 Å². The van der Waals surface area contributed by atoms with Gasteiger partial charge in [0.25, 0.3) is 5.91 Å². The van der Waals surface area contributed by atoms with Crippen LogP contribution in [-0.2, 0) is 13.0 Å². The van der Waals surface area contributed by atoms with Crippen molar-refractivity contribution in [1.29, 1.82) is 0 Å². The quantitative estimate of drug-likeness (QED) is 0.909. The van der Waals surface area contributed by atoms with Gasteiger partial charge in [0.2, 0.25) is 0 Å². The molecule has 0 saturated carbocycles. The molecule has 0 aliphatic rings. The van der Waals surface area contributed by atoms with Crippen molar-refractivity contribution in [1.82, 2.24) is 20.1 Å². The number of oxazole rings is 1. The van der Waals surface area contributed by atoms with Gasteiger partial charge in [0.05, 0.1) is 12.2 Å². The third-order valence-electron chi connectivity index (χ3n) is 3.02. The summed E-state index contributed by atoms with van der Waals surface area (Å²) in [6.45, 7) is 8.20. The Morgan fingerprint density at radius 2 is 2.25 bits per heavy atom. The van der Waals surface area contributed by atoms with Crippen molar-refractivity contribution in [3.8, 4) is 0 Å². The Morgan fingerprint density at radius 3 is 2.80 bits per heavy atom. The average Bonchev–Trinajstić information content (AvgIpc) is 3.02. The van der Waals surface area contributed by atoms with Crippen molar-refractivity contribution in [3.05, 3.63) is 35.3 Å². The minimum atomic E-state index is -0.210. The first-order valence-corrected chi connectivity index (χ1v) is 6.79. The van der Waals surface area contributed by atoms with Gasteiger partial charge < -0.3 is 9.73 Å². The molecule has 0 radical (unpaired) electrons. The van der Waals surface area contributed by atoms with E-state index in [0.717, 1.165) is 12.1 Å². The summed E-state index contributed by atoms with van der Waals surface area (Å²) in [5, 5.41) is 7.02. The molecule has 0 bridgehead atoms. The number of carbonyl (C=O) groups excluding carboxylic acids is 1. The van der Waals surface area contributed by atoms with Gasteiger partial charge in [-0.1, -0.05) is 6.92 Å². The average molecular weight is 276 g/mol. The van der Waals surface area contributed by atoms with E-state index >= 15 is 0 Å². The van der Waals surface area contributed by atoms with Gasteiger partial charge in [-0.05, 0) is 26.8 Å². The fourth-order valence-corrected chi connectivity index (χ4v) is 1.80. The van der Waals surface area contributed by atoms with E-state index in [1.54, 1.807) is 16.9 Å². The molecule has 0 saturated heterocycles. The predicted molar refractivity (Wildman–Crippen MR) is 74.4 cm³/mol. The van der Waals surface area contributed by atoms with E-state index in [2.05, 4.69) is 15.4 Å². The molecule has 1 amide bonds. The molecule has 20 heavy (non-hydrogen) atoms. The summed E-state index contributed by atoms with van der Waals surface area (Å²) >= 11 is 0. The first-order chi connectivity index (χ1) is 9.51. The predicted octanol–water partition coefficient (Wildman–Crippen LogP) is 2.25. The highest BCUT2D eigenvalue weighted by Crippen LogP contribution is 2.11. The van der Waals surface area contributed by atoms with Crippen LogP contribution in [0.5, 0.6) is 0 Å². The first kappa shape index (κ1) is 14.3. The van der Waals surface area contributed by atoms with Crippen molar-refractivity contribution in [2.24, 2.45) is 0 Å². The van der Waals surface area contributed by atoms with Crippen molar-refractivity contribution in [2.75, 3.05) is 0 Å². The van der Waals surface area contributed by atoms with E-state index in [4.69, 9.17) is 4.42 Å². The van der Waals surface area contributed by atoms with Gasteiger partial charge in [-0.25, -0.2) is 4.98 Å². The number of hydrogen-bond donors (Lipinski definition) is 1. The molecular formula is C14H20N4O2. The van der Waals surface area contributed by atoms with Gasteiger partial charge in [0.1, 0.15) is 11.5 Å². The van der Waals surface area contributed by atoms with Gasteiger partial charge in [0.15, 0.2) is 5.89 Å².